The lowest BCUT2D eigenvalue weighted by Crippen LogP contribution is -2.28. The fraction of sp³-hybridized carbons (Fsp3) is 0.200. The number of pyridine rings is 1. The molecule has 104 valence electrons. The van der Waals surface area contributed by atoms with Gasteiger partial charge in [0.1, 0.15) is 0 Å². The summed E-state index contributed by atoms with van der Waals surface area (Å²) in [6.45, 7) is 1.97. The molecule has 1 heterocycles. The zero-order valence-corrected chi connectivity index (χ0v) is 12.1. The predicted molar refractivity (Wildman–Crippen MR) is 82.4 cm³/mol. The number of nitrogens with zero attached hydrogens (tertiary/aromatic N) is 1. The van der Waals surface area contributed by atoms with E-state index in [4.69, 9.17) is 5.73 Å². The van der Waals surface area contributed by atoms with Crippen LogP contribution in [0.5, 0.6) is 0 Å². The van der Waals surface area contributed by atoms with Gasteiger partial charge in [-0.25, -0.2) is 0 Å². The van der Waals surface area contributed by atoms with Crippen molar-refractivity contribution in [1.29, 1.82) is 0 Å². The second-order valence-corrected chi connectivity index (χ2v) is 5.42. The van der Waals surface area contributed by atoms with E-state index in [0.717, 1.165) is 10.5 Å². The minimum atomic E-state index is -0.0115. The normalized spacial score (nSPS) is 11.8. The molecule has 0 bridgehead atoms. The average molecular weight is 287 g/mol. The van der Waals surface area contributed by atoms with Gasteiger partial charge in [-0.2, -0.15) is 0 Å². The van der Waals surface area contributed by atoms with Crippen molar-refractivity contribution in [2.75, 3.05) is 11.5 Å². The van der Waals surface area contributed by atoms with Crippen LogP contribution in [0.3, 0.4) is 0 Å². The van der Waals surface area contributed by atoms with Gasteiger partial charge in [0, 0.05) is 11.1 Å². The van der Waals surface area contributed by atoms with E-state index in [1.54, 1.807) is 12.4 Å². The van der Waals surface area contributed by atoms with Gasteiger partial charge in [-0.05, 0) is 18.6 Å². The Hall–Kier alpha value is -2.01. The lowest BCUT2D eigenvalue weighted by Gasteiger charge is -2.14. The first kappa shape index (κ1) is 14.4. The van der Waals surface area contributed by atoms with Crippen molar-refractivity contribution in [3.8, 4) is 0 Å². The first-order chi connectivity index (χ1) is 9.66. The van der Waals surface area contributed by atoms with Crippen LogP contribution in [-0.2, 0) is 4.79 Å². The summed E-state index contributed by atoms with van der Waals surface area (Å²) < 4.78 is 0. The number of hydrogen-bond donors (Lipinski definition) is 2. The van der Waals surface area contributed by atoms with Gasteiger partial charge in [-0.3, -0.25) is 9.78 Å². The Balaban J connectivity index is 1.86. The van der Waals surface area contributed by atoms with Crippen LogP contribution in [0.25, 0.3) is 0 Å². The molecule has 5 heteroatoms. The number of nitrogens with one attached hydrogen (secondary N) is 1. The van der Waals surface area contributed by atoms with E-state index in [2.05, 4.69) is 10.3 Å². The monoisotopic (exact) mass is 287 g/mol. The summed E-state index contributed by atoms with van der Waals surface area (Å²) in [6, 6.07) is 11.7. The molecular weight excluding hydrogens is 270 g/mol. The van der Waals surface area contributed by atoms with Crippen LogP contribution in [0.15, 0.2) is 53.7 Å². The SMILES string of the molecule is CC(NC(=O)CSc1ccncc1N)c1ccccc1. The highest BCUT2D eigenvalue weighted by Gasteiger charge is 2.10. The highest BCUT2D eigenvalue weighted by atomic mass is 32.2. The number of carbonyl (C=O) groups is 1. The van der Waals surface area contributed by atoms with E-state index in [0.29, 0.717) is 11.4 Å². The molecule has 2 aromatic rings. The predicted octanol–water partition coefficient (Wildman–Crippen LogP) is 2.63. The van der Waals surface area contributed by atoms with E-state index in [-0.39, 0.29) is 11.9 Å². The smallest absolute Gasteiger partial charge is 0.230 e. The lowest BCUT2D eigenvalue weighted by molar-refractivity contribution is -0.119. The summed E-state index contributed by atoms with van der Waals surface area (Å²) in [7, 11) is 0. The van der Waals surface area contributed by atoms with Crippen molar-refractivity contribution in [3.05, 3.63) is 54.4 Å². The molecule has 0 fully saturated rings. The van der Waals surface area contributed by atoms with Crippen molar-refractivity contribution >= 4 is 23.4 Å². The van der Waals surface area contributed by atoms with Gasteiger partial charge >= 0.3 is 0 Å². The van der Waals surface area contributed by atoms with Gasteiger partial charge in [0.05, 0.1) is 23.7 Å². The Morgan fingerprint density at radius 1 is 1.35 bits per heavy atom. The van der Waals surface area contributed by atoms with Crippen LogP contribution < -0.4 is 11.1 Å². The number of nitrogens with two attached hydrogens (primary N) is 1. The quantitative estimate of drug-likeness (QED) is 0.830. The van der Waals surface area contributed by atoms with E-state index < -0.39 is 0 Å². The zero-order valence-electron chi connectivity index (χ0n) is 11.2. The minimum absolute atomic E-state index is 0.000845. The molecule has 2 rings (SSSR count). The van der Waals surface area contributed by atoms with Crippen LogP contribution in [0.1, 0.15) is 18.5 Å². The van der Waals surface area contributed by atoms with Gasteiger partial charge in [-0.15, -0.1) is 11.8 Å². The number of hydrogen-bond acceptors (Lipinski definition) is 4. The number of nitrogen functional groups attached to an aromatic ring is 1. The molecule has 4 nitrogen and oxygen atoms in total. The molecule has 3 N–H and O–H groups in total. The molecule has 0 saturated carbocycles. The van der Waals surface area contributed by atoms with Crippen molar-refractivity contribution in [3.63, 3.8) is 0 Å². The minimum Gasteiger partial charge on any atom is -0.397 e. The zero-order chi connectivity index (χ0) is 14.4. The fourth-order valence-electron chi connectivity index (χ4n) is 1.78. The third-order valence-electron chi connectivity index (χ3n) is 2.85. The van der Waals surface area contributed by atoms with Gasteiger partial charge < -0.3 is 11.1 Å². The molecule has 0 aliphatic heterocycles. The molecule has 20 heavy (non-hydrogen) atoms. The summed E-state index contributed by atoms with van der Waals surface area (Å²) in [4.78, 5) is 16.7. The first-order valence-electron chi connectivity index (χ1n) is 6.33. The van der Waals surface area contributed by atoms with Crippen LogP contribution in [0, 0.1) is 0 Å². The lowest BCUT2D eigenvalue weighted by atomic mass is 10.1. The number of amides is 1. The molecule has 1 aromatic heterocycles. The number of anilines is 1. The topological polar surface area (TPSA) is 68.0 Å². The maximum absolute atomic E-state index is 11.9. The third kappa shape index (κ3) is 3.99. The number of thioether (sulfide) groups is 1. The summed E-state index contributed by atoms with van der Waals surface area (Å²) in [5, 5.41) is 2.97. The van der Waals surface area contributed by atoms with Gasteiger partial charge in [-0.1, -0.05) is 30.3 Å². The molecule has 0 spiro atoms. The summed E-state index contributed by atoms with van der Waals surface area (Å²) in [5.41, 5.74) is 7.47. The van der Waals surface area contributed by atoms with Crippen molar-refractivity contribution in [1.82, 2.24) is 10.3 Å². The highest BCUT2D eigenvalue weighted by molar-refractivity contribution is 8.00. The first-order valence-corrected chi connectivity index (χ1v) is 7.32. The molecule has 0 aliphatic rings. The highest BCUT2D eigenvalue weighted by Crippen LogP contribution is 2.23. The maximum Gasteiger partial charge on any atom is 0.230 e. The number of carbonyl (C=O) groups excluding carboxylic acids is 1. The largest absolute Gasteiger partial charge is 0.397 e. The van der Waals surface area contributed by atoms with Gasteiger partial charge in [0.15, 0.2) is 0 Å². The van der Waals surface area contributed by atoms with Crippen LogP contribution in [-0.4, -0.2) is 16.6 Å². The third-order valence-corrected chi connectivity index (χ3v) is 3.94. The molecule has 1 atom stereocenters. The molecule has 1 aromatic carbocycles. The molecule has 0 radical (unpaired) electrons. The summed E-state index contributed by atoms with van der Waals surface area (Å²) in [5.74, 6) is 0.327. The fourth-order valence-corrected chi connectivity index (χ4v) is 2.52. The van der Waals surface area contributed by atoms with E-state index in [1.165, 1.54) is 11.8 Å². The van der Waals surface area contributed by atoms with Crippen LogP contribution in [0.2, 0.25) is 0 Å². The molecule has 0 saturated heterocycles. The Labute approximate surface area is 122 Å². The average Bonchev–Trinajstić information content (AvgIpc) is 2.47. The van der Waals surface area contributed by atoms with Crippen LogP contribution >= 0.6 is 11.8 Å². The Bertz CT molecular complexity index is 574. The molecule has 0 aliphatic carbocycles. The van der Waals surface area contributed by atoms with Gasteiger partial charge in [0.25, 0.3) is 0 Å². The summed E-state index contributed by atoms with van der Waals surface area (Å²) >= 11 is 1.42. The van der Waals surface area contributed by atoms with E-state index in [1.807, 2.05) is 43.3 Å². The van der Waals surface area contributed by atoms with Gasteiger partial charge in [0.2, 0.25) is 5.91 Å². The van der Waals surface area contributed by atoms with Crippen molar-refractivity contribution in [2.45, 2.75) is 17.9 Å². The standard InChI is InChI=1S/C15H17N3OS/c1-11(12-5-3-2-4-6-12)18-15(19)10-20-14-7-8-17-9-13(14)16/h2-9,11H,10,16H2,1H3,(H,18,19). The number of benzene rings is 1. The molecule has 1 unspecified atom stereocenters. The molecular formula is C15H17N3OS. The molecule has 1 amide bonds. The van der Waals surface area contributed by atoms with Crippen molar-refractivity contribution in [2.24, 2.45) is 0 Å². The van der Waals surface area contributed by atoms with Crippen LogP contribution in [0.4, 0.5) is 5.69 Å². The van der Waals surface area contributed by atoms with E-state index >= 15 is 0 Å². The van der Waals surface area contributed by atoms with E-state index in [9.17, 15) is 4.79 Å². The number of rotatable bonds is 5. The Morgan fingerprint density at radius 3 is 2.80 bits per heavy atom. The Kier molecular flexibility index (Phi) is 5.01. The number of aromatic nitrogens is 1. The summed E-state index contributed by atoms with van der Waals surface area (Å²) in [6.07, 6.45) is 3.26. The second kappa shape index (κ2) is 6.96. The van der Waals surface area contributed by atoms with Crippen molar-refractivity contribution < 1.29 is 4.79 Å². The Morgan fingerprint density at radius 2 is 2.10 bits per heavy atom. The maximum atomic E-state index is 11.9. The second-order valence-electron chi connectivity index (χ2n) is 4.40.